The first-order valence-corrected chi connectivity index (χ1v) is 15.0. The molecule has 0 fully saturated rings. The summed E-state index contributed by atoms with van der Waals surface area (Å²) in [5.41, 5.74) is 5.89. The van der Waals surface area contributed by atoms with Crippen LogP contribution in [0.2, 0.25) is 0 Å². The maximum atomic E-state index is 12.3. The summed E-state index contributed by atoms with van der Waals surface area (Å²) in [5, 5.41) is 3.01. The summed E-state index contributed by atoms with van der Waals surface area (Å²) < 4.78 is 11.4. The van der Waals surface area contributed by atoms with E-state index in [1.165, 1.54) is 18.1 Å². The summed E-state index contributed by atoms with van der Waals surface area (Å²) in [4.78, 5) is 28.3. The third-order valence-electron chi connectivity index (χ3n) is 6.69. The smallest absolute Gasteiger partial charge is 0.233 e. The van der Waals surface area contributed by atoms with E-state index in [-0.39, 0.29) is 17.6 Å². The van der Waals surface area contributed by atoms with Crippen molar-refractivity contribution in [3.63, 3.8) is 0 Å². The number of Topliss-reactive ketones (excluding diaryl/α,β-unsaturated/α-hetero) is 1. The van der Waals surface area contributed by atoms with Crippen molar-refractivity contribution in [2.24, 2.45) is 5.92 Å². The molecule has 0 saturated heterocycles. The molecule has 238 valence electrons. The van der Waals surface area contributed by atoms with E-state index in [0.29, 0.717) is 18.8 Å². The Morgan fingerprint density at radius 1 is 1.20 bits per heavy atom. The van der Waals surface area contributed by atoms with Gasteiger partial charge in [0.1, 0.15) is 5.75 Å². The molecule has 1 aliphatic rings. The van der Waals surface area contributed by atoms with Gasteiger partial charge >= 0.3 is 0 Å². The van der Waals surface area contributed by atoms with Gasteiger partial charge in [-0.2, -0.15) is 0 Å². The van der Waals surface area contributed by atoms with Crippen molar-refractivity contribution >= 4 is 17.4 Å². The fraction of sp³-hybridized carbons (Fsp3) is 0.378. The van der Waals surface area contributed by atoms with Gasteiger partial charge in [0, 0.05) is 39.0 Å². The minimum atomic E-state index is -0.118. The number of carbonyl (C=O) groups is 2. The first-order valence-electron chi connectivity index (χ1n) is 15.0. The van der Waals surface area contributed by atoms with Gasteiger partial charge in [0.2, 0.25) is 5.91 Å². The molecule has 1 atom stereocenters. The third-order valence-corrected chi connectivity index (χ3v) is 6.69. The van der Waals surface area contributed by atoms with E-state index >= 15 is 0 Å². The number of fused-ring (bicyclic) bond motifs is 1. The van der Waals surface area contributed by atoms with E-state index in [1.54, 1.807) is 24.1 Å². The van der Waals surface area contributed by atoms with E-state index in [2.05, 4.69) is 48.2 Å². The molecule has 0 unspecified atom stereocenters. The van der Waals surface area contributed by atoms with Crippen molar-refractivity contribution in [2.75, 3.05) is 32.2 Å². The Morgan fingerprint density at radius 2 is 1.93 bits per heavy atom. The number of nitrogens with one attached hydrogen (secondary N) is 1. The predicted octanol–water partition coefficient (Wildman–Crippen LogP) is 7.56. The number of pyridine rings is 1. The number of rotatable bonds is 13. The molecule has 0 radical (unpaired) electrons. The summed E-state index contributed by atoms with van der Waals surface area (Å²) >= 11 is 0. The molecule has 0 aliphatic carbocycles. The molecule has 1 aromatic heterocycles. The highest BCUT2D eigenvalue weighted by molar-refractivity contribution is 5.96. The van der Waals surface area contributed by atoms with Crippen LogP contribution in [-0.4, -0.2) is 44.0 Å². The number of hydrogen-bond donors (Lipinski definition) is 1. The number of ketones is 1. The van der Waals surface area contributed by atoms with Gasteiger partial charge in [-0.1, -0.05) is 63.1 Å². The van der Waals surface area contributed by atoms with Crippen molar-refractivity contribution in [1.82, 2.24) is 10.3 Å². The molecule has 44 heavy (non-hydrogen) atoms. The molecular formula is C37H51N3O4. The van der Waals surface area contributed by atoms with Gasteiger partial charge < -0.3 is 19.7 Å². The van der Waals surface area contributed by atoms with Crippen LogP contribution in [-0.2, 0) is 27.4 Å². The Kier molecular flexibility index (Phi) is 18.4. The average molecular weight is 602 g/mol. The van der Waals surface area contributed by atoms with Gasteiger partial charge in [-0.15, -0.1) is 0 Å². The summed E-state index contributed by atoms with van der Waals surface area (Å²) in [6.07, 6.45) is 13.5. The van der Waals surface area contributed by atoms with E-state index in [4.69, 9.17) is 9.47 Å². The Labute approximate surface area is 265 Å². The Hall–Kier alpha value is -4.23. The van der Waals surface area contributed by atoms with Gasteiger partial charge in [-0.05, 0) is 81.0 Å². The van der Waals surface area contributed by atoms with Crippen molar-refractivity contribution in [1.29, 1.82) is 0 Å². The number of hydrogen-bond acceptors (Lipinski definition) is 6. The number of carbonyl (C=O) groups excluding carboxylic acids is 2. The van der Waals surface area contributed by atoms with Crippen LogP contribution in [0.1, 0.15) is 58.2 Å². The SMILES string of the molecule is C=C(C)C(C)=O.C=C/C=C(\C=C/C)CC(=C)NC.C[C@H]1COc2ccc(CCCCOCc3ccccn3)cc2N(C)C1=O. The summed E-state index contributed by atoms with van der Waals surface area (Å²) in [5.74, 6) is 0.832. The van der Waals surface area contributed by atoms with Crippen molar-refractivity contribution in [3.8, 4) is 5.75 Å². The van der Waals surface area contributed by atoms with Crippen LogP contribution in [0.5, 0.6) is 5.75 Å². The first kappa shape index (κ1) is 37.8. The third kappa shape index (κ3) is 14.8. The Morgan fingerprint density at radius 3 is 2.52 bits per heavy atom. The fourth-order valence-electron chi connectivity index (χ4n) is 3.91. The molecule has 1 amide bonds. The van der Waals surface area contributed by atoms with Crippen LogP contribution < -0.4 is 15.0 Å². The number of benzene rings is 1. The zero-order valence-electron chi connectivity index (χ0n) is 27.5. The van der Waals surface area contributed by atoms with E-state index in [1.807, 2.05) is 64.4 Å². The summed E-state index contributed by atoms with van der Waals surface area (Å²) in [6, 6.07) is 12.0. The van der Waals surface area contributed by atoms with Gasteiger partial charge in [0.05, 0.1) is 30.5 Å². The number of ether oxygens (including phenoxy) is 2. The van der Waals surface area contributed by atoms with Crippen LogP contribution in [0.4, 0.5) is 5.69 Å². The average Bonchev–Trinajstić information content (AvgIpc) is 3.12. The van der Waals surface area contributed by atoms with Crippen LogP contribution in [0.25, 0.3) is 0 Å². The molecular weight excluding hydrogens is 550 g/mol. The van der Waals surface area contributed by atoms with Gasteiger partial charge in [0.25, 0.3) is 0 Å². The molecule has 2 heterocycles. The lowest BCUT2D eigenvalue weighted by Crippen LogP contribution is -2.31. The maximum absolute atomic E-state index is 12.3. The lowest BCUT2D eigenvalue weighted by Gasteiger charge is -2.18. The second kappa shape index (κ2) is 21.5. The normalized spacial score (nSPS) is 14.1. The predicted molar refractivity (Wildman–Crippen MR) is 183 cm³/mol. The lowest BCUT2D eigenvalue weighted by atomic mass is 10.1. The Balaban J connectivity index is 0.000000447. The monoisotopic (exact) mass is 601 g/mol. The van der Waals surface area contributed by atoms with Gasteiger partial charge in [-0.25, -0.2) is 0 Å². The van der Waals surface area contributed by atoms with E-state index < -0.39 is 0 Å². The summed E-state index contributed by atoms with van der Waals surface area (Å²) in [7, 11) is 3.70. The quantitative estimate of drug-likeness (QED) is 0.145. The fourth-order valence-corrected chi connectivity index (χ4v) is 3.91. The number of anilines is 1. The molecule has 7 heteroatoms. The zero-order valence-corrected chi connectivity index (χ0v) is 27.5. The minimum Gasteiger partial charge on any atom is -0.491 e. The lowest BCUT2D eigenvalue weighted by molar-refractivity contribution is -0.122. The zero-order chi connectivity index (χ0) is 32.9. The highest BCUT2D eigenvalue weighted by atomic mass is 16.5. The van der Waals surface area contributed by atoms with E-state index in [9.17, 15) is 9.59 Å². The van der Waals surface area contributed by atoms with Crippen LogP contribution in [0, 0.1) is 5.92 Å². The highest BCUT2D eigenvalue weighted by Gasteiger charge is 2.26. The highest BCUT2D eigenvalue weighted by Crippen LogP contribution is 2.33. The number of nitrogens with zero attached hydrogens (tertiary/aromatic N) is 2. The number of aromatic nitrogens is 1. The second-order valence-electron chi connectivity index (χ2n) is 10.6. The molecule has 1 aromatic carbocycles. The maximum Gasteiger partial charge on any atom is 0.233 e. The topological polar surface area (TPSA) is 80.8 Å². The van der Waals surface area contributed by atoms with Crippen molar-refractivity contribution < 1.29 is 19.1 Å². The number of amides is 1. The minimum absolute atomic E-state index is 0.0648. The van der Waals surface area contributed by atoms with Crippen LogP contribution in [0.3, 0.4) is 0 Å². The van der Waals surface area contributed by atoms with Gasteiger partial charge in [0.15, 0.2) is 5.78 Å². The van der Waals surface area contributed by atoms with Gasteiger partial charge in [-0.3, -0.25) is 14.6 Å². The van der Waals surface area contributed by atoms with Crippen molar-refractivity contribution in [2.45, 2.75) is 60.0 Å². The molecule has 0 bridgehead atoms. The van der Waals surface area contributed by atoms with Crippen LogP contribution in [0.15, 0.2) is 103 Å². The summed E-state index contributed by atoms with van der Waals surface area (Å²) in [6.45, 7) is 19.7. The number of unbranched alkanes of at least 4 members (excludes halogenated alkanes) is 1. The van der Waals surface area contributed by atoms with Crippen LogP contribution >= 0.6 is 0 Å². The number of allylic oxidation sites excluding steroid dienone is 6. The number of aryl methyl sites for hydroxylation is 1. The first-order chi connectivity index (χ1) is 21.0. The standard InChI is InChI=1S/C21H26N2O3.C11H17N.C5H8O/c1-16-14-26-20-10-9-17(13-19(20)23(2)21(16)24)7-4-6-12-25-15-18-8-3-5-11-22-18;1-5-7-11(8-6-2)9-10(3)12-4;1-4(2)5(3)6/h3,5,8-11,13,16H,4,6-7,12,14-15H2,1-2H3;5-8,12H,1,3,9H2,2,4H3;1H2,2-3H3/b;8-6-,11-7+;/t16-;;/m0../s1. The van der Waals surface area contributed by atoms with Crippen molar-refractivity contribution in [3.05, 3.63) is 115 Å². The molecule has 1 aliphatic heterocycles. The molecule has 2 aromatic rings. The second-order valence-corrected chi connectivity index (χ2v) is 10.6. The molecule has 1 N–H and O–H groups in total. The Bertz CT molecular complexity index is 1270. The molecule has 3 rings (SSSR count). The van der Waals surface area contributed by atoms with E-state index in [0.717, 1.165) is 55.1 Å². The molecule has 0 spiro atoms. The largest absolute Gasteiger partial charge is 0.491 e. The molecule has 0 saturated carbocycles. The molecule has 7 nitrogen and oxygen atoms in total.